The molecule has 0 unspecified atom stereocenters. The minimum Gasteiger partial charge on any atom is -0.276 e. The maximum atomic E-state index is 8.49. The van der Waals surface area contributed by atoms with Crippen molar-refractivity contribution in [2.75, 3.05) is 0 Å². The number of nitrogens with one attached hydrogen (secondary N) is 1. The summed E-state index contributed by atoms with van der Waals surface area (Å²) < 4.78 is 1.98. The van der Waals surface area contributed by atoms with E-state index in [4.69, 9.17) is 5.41 Å². The molecular formula is C23H17N3. The van der Waals surface area contributed by atoms with Crippen molar-refractivity contribution >= 4 is 5.39 Å². The Kier molecular flexibility index (Phi) is 3.16. The largest absolute Gasteiger partial charge is 0.276 e. The number of aromatic nitrogens is 2. The van der Waals surface area contributed by atoms with Gasteiger partial charge in [-0.3, -0.25) is 9.81 Å². The highest BCUT2D eigenvalue weighted by atomic mass is 15.1. The lowest BCUT2D eigenvalue weighted by Crippen LogP contribution is -2.09. The lowest BCUT2D eigenvalue weighted by molar-refractivity contribution is 0.973. The second-order valence-electron chi connectivity index (χ2n) is 6.59. The molecule has 0 saturated heterocycles. The number of hydrogen-bond acceptors (Lipinski definition) is 2. The van der Waals surface area contributed by atoms with Gasteiger partial charge in [-0.05, 0) is 24.1 Å². The van der Waals surface area contributed by atoms with E-state index in [0.29, 0.717) is 0 Å². The molecule has 124 valence electrons. The van der Waals surface area contributed by atoms with Crippen LogP contribution in [0, 0.1) is 12.3 Å². The van der Waals surface area contributed by atoms with Crippen molar-refractivity contribution in [1.82, 2.24) is 9.38 Å². The Hall–Kier alpha value is -3.46. The zero-order valence-electron chi connectivity index (χ0n) is 14.4. The molecule has 5 rings (SSSR count). The molecule has 1 aromatic heterocycles. The molecule has 26 heavy (non-hydrogen) atoms. The molecule has 2 aliphatic rings. The molecule has 0 bridgehead atoms. The molecule has 0 radical (unpaired) electrons. The number of benzene rings is 2. The van der Waals surface area contributed by atoms with Gasteiger partial charge in [0.05, 0.1) is 17.1 Å². The Morgan fingerprint density at radius 3 is 2.19 bits per heavy atom. The lowest BCUT2D eigenvalue weighted by Gasteiger charge is -2.07. The zero-order chi connectivity index (χ0) is 17.7. The van der Waals surface area contributed by atoms with Gasteiger partial charge >= 0.3 is 0 Å². The van der Waals surface area contributed by atoms with Gasteiger partial charge in [0, 0.05) is 10.9 Å². The molecule has 0 saturated carbocycles. The monoisotopic (exact) mass is 335 g/mol. The minimum absolute atomic E-state index is 0.272. The summed E-state index contributed by atoms with van der Waals surface area (Å²) in [6, 6.07) is 27.0. The van der Waals surface area contributed by atoms with Crippen molar-refractivity contribution in [3.05, 3.63) is 90.0 Å². The molecule has 2 aromatic carbocycles. The Balaban J connectivity index is 2.00. The first-order valence-corrected chi connectivity index (χ1v) is 8.68. The van der Waals surface area contributed by atoms with Crippen LogP contribution in [-0.2, 0) is 0 Å². The van der Waals surface area contributed by atoms with Crippen LogP contribution in [0.5, 0.6) is 0 Å². The highest BCUT2D eigenvalue weighted by Gasteiger charge is 2.24. The lowest BCUT2D eigenvalue weighted by atomic mass is 9.98. The molecule has 0 atom stereocenters. The predicted octanol–water partition coefficient (Wildman–Crippen LogP) is 5.00. The van der Waals surface area contributed by atoms with Gasteiger partial charge in [0.15, 0.2) is 0 Å². The van der Waals surface area contributed by atoms with E-state index in [0.717, 1.165) is 39.2 Å². The van der Waals surface area contributed by atoms with E-state index in [-0.39, 0.29) is 5.62 Å². The van der Waals surface area contributed by atoms with E-state index in [1.54, 1.807) is 0 Å². The zero-order valence-corrected chi connectivity index (χ0v) is 14.4. The highest BCUT2D eigenvalue weighted by molar-refractivity contribution is 6.03. The van der Waals surface area contributed by atoms with Crippen LogP contribution in [0.3, 0.4) is 0 Å². The molecule has 0 amide bonds. The first kappa shape index (κ1) is 14.8. The summed E-state index contributed by atoms with van der Waals surface area (Å²) in [4.78, 5) is 4.48. The van der Waals surface area contributed by atoms with Crippen molar-refractivity contribution in [3.63, 3.8) is 0 Å². The molecule has 1 N–H and O–H groups in total. The second-order valence-corrected chi connectivity index (χ2v) is 6.59. The topological polar surface area (TPSA) is 41.2 Å². The molecule has 3 aromatic rings. The summed E-state index contributed by atoms with van der Waals surface area (Å²) in [7, 11) is 0. The summed E-state index contributed by atoms with van der Waals surface area (Å²) >= 11 is 0. The van der Waals surface area contributed by atoms with Gasteiger partial charge in [-0.25, -0.2) is 4.98 Å². The predicted molar refractivity (Wildman–Crippen MR) is 104 cm³/mol. The average Bonchev–Trinajstić information content (AvgIpc) is 3.08. The molecule has 2 heterocycles. The summed E-state index contributed by atoms with van der Waals surface area (Å²) in [5.41, 5.74) is 7.79. The average molecular weight is 335 g/mol. The third-order valence-corrected chi connectivity index (χ3v) is 4.90. The van der Waals surface area contributed by atoms with Crippen LogP contribution >= 0.6 is 0 Å². The van der Waals surface area contributed by atoms with Crippen LogP contribution < -0.4 is 5.62 Å². The number of imidazole rings is 1. The third kappa shape index (κ3) is 2.07. The maximum Gasteiger partial charge on any atom is 0.227 e. The van der Waals surface area contributed by atoms with Crippen LogP contribution in [0.15, 0.2) is 78.9 Å². The van der Waals surface area contributed by atoms with Crippen LogP contribution in [0.25, 0.3) is 39.2 Å². The first-order valence-electron chi connectivity index (χ1n) is 8.68. The minimum atomic E-state index is 0.272. The van der Waals surface area contributed by atoms with E-state index < -0.39 is 0 Å². The third-order valence-electron chi connectivity index (χ3n) is 4.90. The molecule has 3 heteroatoms. The van der Waals surface area contributed by atoms with Gasteiger partial charge < -0.3 is 0 Å². The Labute approximate surface area is 151 Å². The van der Waals surface area contributed by atoms with Crippen LogP contribution in [-0.4, -0.2) is 9.38 Å². The van der Waals surface area contributed by atoms with Crippen molar-refractivity contribution in [3.8, 4) is 33.8 Å². The van der Waals surface area contributed by atoms with E-state index in [1.165, 1.54) is 5.56 Å². The second kappa shape index (κ2) is 5.53. The Bertz CT molecular complexity index is 1230. The normalized spacial score (nSPS) is 11.4. The molecule has 1 aliphatic heterocycles. The molecule has 3 nitrogen and oxygen atoms in total. The fraction of sp³-hybridized carbons (Fsp3) is 0.0435. The van der Waals surface area contributed by atoms with Crippen molar-refractivity contribution in [1.29, 1.82) is 5.41 Å². The van der Waals surface area contributed by atoms with Crippen LogP contribution in [0.2, 0.25) is 0 Å². The highest BCUT2D eigenvalue weighted by Crippen LogP contribution is 2.42. The van der Waals surface area contributed by atoms with Gasteiger partial charge in [0.2, 0.25) is 5.62 Å². The summed E-state index contributed by atoms with van der Waals surface area (Å²) in [5, 5.41) is 9.61. The van der Waals surface area contributed by atoms with Gasteiger partial charge in [0.25, 0.3) is 0 Å². The van der Waals surface area contributed by atoms with Crippen molar-refractivity contribution < 1.29 is 0 Å². The Morgan fingerprint density at radius 1 is 0.731 bits per heavy atom. The van der Waals surface area contributed by atoms with E-state index in [2.05, 4.69) is 66.5 Å². The van der Waals surface area contributed by atoms with Crippen LogP contribution in [0.1, 0.15) is 5.56 Å². The van der Waals surface area contributed by atoms with Crippen LogP contribution in [0.4, 0.5) is 0 Å². The van der Waals surface area contributed by atoms with Crippen molar-refractivity contribution in [2.45, 2.75) is 6.92 Å². The van der Waals surface area contributed by atoms with Gasteiger partial charge in [0.1, 0.15) is 0 Å². The first-order chi connectivity index (χ1) is 12.7. The van der Waals surface area contributed by atoms with Gasteiger partial charge in [-0.15, -0.1) is 0 Å². The number of rotatable bonds is 2. The maximum absolute atomic E-state index is 8.49. The standard InChI is InChI=1S/C23H17N3/c1-15-11-13-17(14-12-15)21-20(16-7-3-2-4-8-16)18-9-5-6-10-19-22(18)26(21)23(24)25-19/h2-14,24H,1H3. The Morgan fingerprint density at radius 2 is 1.42 bits per heavy atom. The molecule has 0 spiro atoms. The quantitative estimate of drug-likeness (QED) is 0.485. The number of hydrogen-bond donors (Lipinski definition) is 1. The number of aryl methyl sites for hydroxylation is 1. The summed E-state index contributed by atoms with van der Waals surface area (Å²) in [5.74, 6) is 0. The fourth-order valence-corrected chi connectivity index (χ4v) is 3.73. The number of nitrogens with zero attached hydrogens (tertiary/aromatic N) is 2. The molecule has 1 aliphatic carbocycles. The van der Waals surface area contributed by atoms with Gasteiger partial charge in [-0.1, -0.05) is 78.4 Å². The molecular weight excluding hydrogens is 318 g/mol. The SMILES string of the molecule is Cc1ccc(-c2c(-c3ccccc3)c3ccccc4nc(=N)n2c3-4)cc1. The van der Waals surface area contributed by atoms with E-state index in [9.17, 15) is 0 Å². The van der Waals surface area contributed by atoms with Crippen molar-refractivity contribution in [2.24, 2.45) is 0 Å². The fourth-order valence-electron chi connectivity index (χ4n) is 3.73. The molecule has 0 fully saturated rings. The summed E-state index contributed by atoms with van der Waals surface area (Å²) in [6.07, 6.45) is 0. The van der Waals surface area contributed by atoms with E-state index >= 15 is 0 Å². The smallest absolute Gasteiger partial charge is 0.227 e. The van der Waals surface area contributed by atoms with E-state index in [1.807, 2.05) is 28.7 Å². The summed E-state index contributed by atoms with van der Waals surface area (Å²) in [6.45, 7) is 2.09. The van der Waals surface area contributed by atoms with Gasteiger partial charge in [-0.2, -0.15) is 0 Å².